The van der Waals surface area contributed by atoms with E-state index in [2.05, 4.69) is 11.4 Å². The van der Waals surface area contributed by atoms with Crippen LogP contribution in [0.25, 0.3) is 10.9 Å². The van der Waals surface area contributed by atoms with E-state index in [4.69, 9.17) is 10.00 Å². The molecule has 1 aromatic carbocycles. The number of urea groups is 1. The minimum atomic E-state index is -0.644. The Kier molecular flexibility index (Phi) is 4.31. The Balaban J connectivity index is 2.03. The summed E-state index contributed by atoms with van der Waals surface area (Å²) in [6.07, 6.45) is 0. The number of anilines is 1. The van der Waals surface area contributed by atoms with E-state index in [9.17, 15) is 14.0 Å². The van der Waals surface area contributed by atoms with Crippen molar-refractivity contribution in [3.05, 3.63) is 29.7 Å². The minimum Gasteiger partial charge on any atom is -0.461 e. The third kappa shape index (κ3) is 2.78. The summed E-state index contributed by atoms with van der Waals surface area (Å²) in [6.45, 7) is 2.45. The number of esters is 1. The average Bonchev–Trinajstić information content (AvgIpc) is 2.80. The summed E-state index contributed by atoms with van der Waals surface area (Å²) in [5, 5.41) is 11.6. The third-order valence-electron chi connectivity index (χ3n) is 4.23. The molecule has 0 radical (unpaired) electrons. The number of nitrogens with one attached hydrogen (secondary N) is 1. The highest BCUT2D eigenvalue weighted by Crippen LogP contribution is 2.33. The minimum absolute atomic E-state index is 0.0765. The van der Waals surface area contributed by atoms with Gasteiger partial charge in [0.1, 0.15) is 5.82 Å². The molecular formula is C17H17FN4O3. The summed E-state index contributed by atoms with van der Waals surface area (Å²) < 4.78 is 20.9. The average molecular weight is 344 g/mol. The van der Waals surface area contributed by atoms with Crippen LogP contribution in [0.2, 0.25) is 0 Å². The number of nitriles is 1. The number of hydrogen-bond donors (Lipinski definition) is 1. The first kappa shape index (κ1) is 16.8. The van der Waals surface area contributed by atoms with Crippen LogP contribution in [0.15, 0.2) is 18.2 Å². The molecule has 25 heavy (non-hydrogen) atoms. The van der Waals surface area contributed by atoms with Gasteiger partial charge in [0.15, 0.2) is 5.69 Å². The number of rotatable bonds is 3. The van der Waals surface area contributed by atoms with Crippen LogP contribution in [0.3, 0.4) is 0 Å². The Bertz CT molecular complexity index is 893. The smallest absolute Gasteiger partial charge is 0.357 e. The quantitative estimate of drug-likeness (QED) is 0.867. The molecule has 8 heteroatoms. The van der Waals surface area contributed by atoms with Gasteiger partial charge in [-0.1, -0.05) is 6.07 Å². The maximum Gasteiger partial charge on any atom is 0.357 e. The predicted octanol–water partition coefficient (Wildman–Crippen LogP) is 2.48. The van der Waals surface area contributed by atoms with Gasteiger partial charge in [-0.3, -0.25) is 0 Å². The van der Waals surface area contributed by atoms with Crippen molar-refractivity contribution in [3.8, 4) is 6.07 Å². The van der Waals surface area contributed by atoms with E-state index in [0.29, 0.717) is 18.6 Å². The van der Waals surface area contributed by atoms with Crippen molar-refractivity contribution in [2.24, 2.45) is 13.0 Å². The van der Waals surface area contributed by atoms with Crippen molar-refractivity contribution >= 4 is 28.6 Å². The first-order valence-corrected chi connectivity index (χ1v) is 7.87. The number of fused-ring (bicyclic) bond motifs is 1. The molecule has 2 aromatic rings. The lowest BCUT2D eigenvalue weighted by Crippen LogP contribution is -2.51. The van der Waals surface area contributed by atoms with E-state index in [0.717, 1.165) is 0 Å². The number of likely N-dealkylation sites (tertiary alicyclic amines) is 1. The molecule has 1 aliphatic heterocycles. The molecule has 130 valence electrons. The number of aromatic nitrogens is 1. The second kappa shape index (κ2) is 6.43. The van der Waals surface area contributed by atoms with Crippen molar-refractivity contribution < 1.29 is 18.7 Å². The van der Waals surface area contributed by atoms with Gasteiger partial charge < -0.3 is 19.5 Å². The van der Waals surface area contributed by atoms with Crippen LogP contribution in [0, 0.1) is 23.1 Å². The highest BCUT2D eigenvalue weighted by atomic mass is 19.1. The number of carbonyl (C=O) groups is 2. The molecule has 2 heterocycles. The van der Waals surface area contributed by atoms with Crippen LogP contribution in [0.1, 0.15) is 17.4 Å². The Morgan fingerprint density at radius 2 is 2.16 bits per heavy atom. The molecule has 2 amide bonds. The molecule has 0 unspecified atom stereocenters. The van der Waals surface area contributed by atoms with Gasteiger partial charge in [0.2, 0.25) is 0 Å². The molecule has 1 aromatic heterocycles. The van der Waals surface area contributed by atoms with Gasteiger partial charge in [-0.05, 0) is 19.1 Å². The van der Waals surface area contributed by atoms with E-state index < -0.39 is 17.8 Å². The first-order chi connectivity index (χ1) is 12.0. The Labute approximate surface area is 143 Å². The molecule has 0 atom stereocenters. The van der Waals surface area contributed by atoms with Crippen molar-refractivity contribution in [1.29, 1.82) is 5.26 Å². The summed E-state index contributed by atoms with van der Waals surface area (Å²) in [4.78, 5) is 26.1. The lowest BCUT2D eigenvalue weighted by atomic mass is 10.0. The summed E-state index contributed by atoms with van der Waals surface area (Å²) in [5.74, 6) is -1.38. The van der Waals surface area contributed by atoms with Crippen LogP contribution in [0.5, 0.6) is 0 Å². The van der Waals surface area contributed by atoms with Gasteiger partial charge in [-0.2, -0.15) is 5.26 Å². The lowest BCUT2D eigenvalue weighted by Gasteiger charge is -2.35. The number of benzene rings is 1. The molecule has 0 aliphatic carbocycles. The van der Waals surface area contributed by atoms with E-state index in [1.807, 2.05) is 0 Å². The van der Waals surface area contributed by atoms with E-state index in [1.54, 1.807) is 20.0 Å². The fourth-order valence-electron chi connectivity index (χ4n) is 2.92. The van der Waals surface area contributed by atoms with E-state index >= 15 is 0 Å². The molecule has 0 bridgehead atoms. The van der Waals surface area contributed by atoms with Crippen LogP contribution in [-0.4, -0.2) is 41.2 Å². The summed E-state index contributed by atoms with van der Waals surface area (Å²) in [6, 6.07) is 6.06. The highest BCUT2D eigenvalue weighted by Gasteiger charge is 2.33. The summed E-state index contributed by atoms with van der Waals surface area (Å²) >= 11 is 0. The topological polar surface area (TPSA) is 87.4 Å². The van der Waals surface area contributed by atoms with Crippen LogP contribution in [0.4, 0.5) is 14.9 Å². The van der Waals surface area contributed by atoms with Gasteiger partial charge in [-0.15, -0.1) is 0 Å². The number of carbonyl (C=O) groups excluding carboxylic acids is 2. The van der Waals surface area contributed by atoms with Gasteiger partial charge >= 0.3 is 12.0 Å². The molecule has 0 spiro atoms. The standard InChI is InChI=1S/C17H17FN4O3/c1-3-25-16(23)15-14(20-17(24)22-8-10(7-19)9-22)13-11(18)5-4-6-12(13)21(15)2/h4-6,10H,3,8-9H2,1-2H3,(H,20,24). The Hall–Kier alpha value is -3.08. The number of amides is 2. The fraction of sp³-hybridized carbons (Fsp3) is 0.353. The molecule has 1 saturated heterocycles. The zero-order chi connectivity index (χ0) is 18.1. The SMILES string of the molecule is CCOC(=O)c1c(NC(=O)N2CC(C#N)C2)c2c(F)cccc2n1C. The molecule has 0 saturated carbocycles. The number of hydrogen-bond acceptors (Lipinski definition) is 4. The van der Waals surface area contributed by atoms with E-state index in [1.165, 1.54) is 21.6 Å². The number of halogens is 1. The second-order valence-corrected chi connectivity index (χ2v) is 5.80. The van der Waals surface area contributed by atoms with Crippen LogP contribution < -0.4 is 5.32 Å². The lowest BCUT2D eigenvalue weighted by molar-refractivity contribution is 0.0517. The van der Waals surface area contributed by atoms with Gasteiger partial charge in [0.25, 0.3) is 0 Å². The zero-order valence-electron chi connectivity index (χ0n) is 13.9. The highest BCUT2D eigenvalue weighted by molar-refractivity contribution is 6.11. The maximum atomic E-state index is 14.4. The maximum absolute atomic E-state index is 14.4. The molecule has 1 fully saturated rings. The Morgan fingerprint density at radius 1 is 1.44 bits per heavy atom. The summed E-state index contributed by atoms with van der Waals surface area (Å²) in [5.41, 5.74) is 0.629. The van der Waals surface area contributed by atoms with Gasteiger partial charge in [0, 0.05) is 20.1 Å². The number of nitrogens with zero attached hydrogens (tertiary/aromatic N) is 3. The molecule has 1 aliphatic rings. The number of aryl methyl sites for hydroxylation is 1. The van der Waals surface area contributed by atoms with Crippen molar-refractivity contribution in [1.82, 2.24) is 9.47 Å². The molecule has 1 N–H and O–H groups in total. The first-order valence-electron chi connectivity index (χ1n) is 7.87. The van der Waals surface area contributed by atoms with Gasteiger partial charge in [0.05, 0.1) is 35.2 Å². The number of ether oxygens (including phenoxy) is 1. The molecule has 3 rings (SSSR count). The second-order valence-electron chi connectivity index (χ2n) is 5.80. The normalized spacial score (nSPS) is 14.1. The molecule has 7 nitrogen and oxygen atoms in total. The van der Waals surface area contributed by atoms with Crippen molar-refractivity contribution in [3.63, 3.8) is 0 Å². The van der Waals surface area contributed by atoms with Crippen molar-refractivity contribution in [2.45, 2.75) is 6.92 Å². The zero-order valence-corrected chi connectivity index (χ0v) is 13.9. The third-order valence-corrected chi connectivity index (χ3v) is 4.23. The fourth-order valence-corrected chi connectivity index (χ4v) is 2.92. The summed E-state index contributed by atoms with van der Waals surface area (Å²) in [7, 11) is 1.61. The monoisotopic (exact) mass is 344 g/mol. The van der Waals surface area contributed by atoms with Crippen LogP contribution >= 0.6 is 0 Å². The molecular weight excluding hydrogens is 327 g/mol. The van der Waals surface area contributed by atoms with E-state index in [-0.39, 0.29) is 29.3 Å². The predicted molar refractivity (Wildman–Crippen MR) is 88.5 cm³/mol. The van der Waals surface area contributed by atoms with Crippen LogP contribution in [-0.2, 0) is 11.8 Å². The van der Waals surface area contributed by atoms with Gasteiger partial charge in [-0.25, -0.2) is 14.0 Å². The Morgan fingerprint density at radius 3 is 2.80 bits per heavy atom. The largest absolute Gasteiger partial charge is 0.461 e. The van der Waals surface area contributed by atoms with Crippen molar-refractivity contribution in [2.75, 3.05) is 25.0 Å².